The first kappa shape index (κ1) is 9.98. The van der Waals surface area contributed by atoms with E-state index in [9.17, 15) is 9.18 Å². The van der Waals surface area contributed by atoms with Crippen LogP contribution in [0.3, 0.4) is 0 Å². The highest BCUT2D eigenvalue weighted by Crippen LogP contribution is 2.22. The van der Waals surface area contributed by atoms with E-state index in [4.69, 9.17) is 0 Å². The molecule has 4 heteroatoms. The zero-order valence-corrected chi connectivity index (χ0v) is 8.84. The van der Waals surface area contributed by atoms with Gasteiger partial charge in [-0.25, -0.2) is 9.37 Å². The molecule has 0 unspecified atom stereocenters. The van der Waals surface area contributed by atoms with Crippen molar-refractivity contribution in [2.75, 3.05) is 0 Å². The maximum absolute atomic E-state index is 13.3. The number of rotatable bonds is 2. The first-order valence-electron chi connectivity index (χ1n) is 4.38. The highest BCUT2D eigenvalue weighted by Gasteiger charge is 2.06. The largest absolute Gasteiger partial charge is 0.298 e. The summed E-state index contributed by atoms with van der Waals surface area (Å²) >= 11 is 1.51. The summed E-state index contributed by atoms with van der Waals surface area (Å²) in [5.74, 6) is -0.506. The zero-order chi connectivity index (χ0) is 10.8. The van der Waals surface area contributed by atoms with Crippen molar-refractivity contribution in [2.45, 2.75) is 6.92 Å². The molecular formula is C11H8FNOS. The quantitative estimate of drug-likeness (QED) is 0.729. The number of aryl methyl sites for hydroxylation is 1. The lowest BCUT2D eigenvalue weighted by Crippen LogP contribution is -1.88. The number of carbonyl (C=O) groups is 1. The Labute approximate surface area is 90.4 Å². The summed E-state index contributed by atoms with van der Waals surface area (Å²) < 4.78 is 13.3. The predicted molar refractivity (Wildman–Crippen MR) is 57.6 cm³/mol. The van der Waals surface area contributed by atoms with E-state index in [0.29, 0.717) is 11.8 Å². The topological polar surface area (TPSA) is 30.0 Å². The van der Waals surface area contributed by atoms with Crippen LogP contribution in [0.4, 0.5) is 4.39 Å². The molecule has 2 rings (SSSR count). The number of nitrogens with zero attached hydrogens (tertiary/aromatic N) is 1. The Balaban J connectivity index is 2.46. The van der Waals surface area contributed by atoms with Gasteiger partial charge in [0.25, 0.3) is 0 Å². The van der Waals surface area contributed by atoms with Crippen LogP contribution >= 0.6 is 11.3 Å². The lowest BCUT2D eigenvalue weighted by molar-refractivity contribution is 0.112. The summed E-state index contributed by atoms with van der Waals surface area (Å²) in [4.78, 5) is 14.7. The lowest BCUT2D eigenvalue weighted by Gasteiger charge is -1.98. The number of hydrogen-bond donors (Lipinski definition) is 0. The van der Waals surface area contributed by atoms with Crippen molar-refractivity contribution in [2.24, 2.45) is 0 Å². The van der Waals surface area contributed by atoms with E-state index in [0.717, 1.165) is 10.7 Å². The molecule has 0 spiro atoms. The van der Waals surface area contributed by atoms with Crippen molar-refractivity contribution in [1.82, 2.24) is 4.98 Å². The zero-order valence-electron chi connectivity index (χ0n) is 8.03. The maximum atomic E-state index is 13.3. The van der Waals surface area contributed by atoms with Gasteiger partial charge in [0, 0.05) is 10.9 Å². The number of aldehydes is 1. The second-order valence-corrected chi connectivity index (χ2v) is 4.17. The van der Waals surface area contributed by atoms with Gasteiger partial charge in [0.1, 0.15) is 5.82 Å². The molecule has 76 valence electrons. The van der Waals surface area contributed by atoms with Gasteiger partial charge in [-0.1, -0.05) is 6.07 Å². The molecule has 15 heavy (non-hydrogen) atoms. The molecule has 0 bridgehead atoms. The molecule has 0 N–H and O–H groups in total. The molecule has 0 saturated heterocycles. The van der Waals surface area contributed by atoms with Gasteiger partial charge in [-0.3, -0.25) is 4.79 Å². The Morgan fingerprint density at radius 1 is 1.47 bits per heavy atom. The summed E-state index contributed by atoms with van der Waals surface area (Å²) in [5, 5.41) is 2.80. The van der Waals surface area contributed by atoms with Gasteiger partial charge in [0.05, 0.1) is 16.3 Å². The lowest BCUT2D eigenvalue weighted by atomic mass is 10.1. The minimum Gasteiger partial charge on any atom is -0.298 e. The summed E-state index contributed by atoms with van der Waals surface area (Å²) in [6, 6.07) is 4.49. The molecule has 0 amide bonds. The highest BCUT2D eigenvalue weighted by atomic mass is 32.1. The van der Waals surface area contributed by atoms with Gasteiger partial charge in [-0.15, -0.1) is 11.3 Å². The molecular weight excluding hydrogens is 213 g/mol. The standard InChI is InChI=1S/C11H8FNOS/c1-7-13-11(6-15-7)8-2-3-9(5-14)10(12)4-8/h2-6H,1H3. The third-order valence-corrected chi connectivity index (χ3v) is 2.82. The van der Waals surface area contributed by atoms with Crippen LogP contribution in [0.2, 0.25) is 0 Å². The normalized spacial score (nSPS) is 10.3. The number of benzene rings is 1. The summed E-state index contributed by atoms with van der Waals surface area (Å²) in [5.41, 5.74) is 1.52. The fourth-order valence-corrected chi connectivity index (χ4v) is 1.90. The Bertz CT molecular complexity index is 507. The number of thiazole rings is 1. The maximum Gasteiger partial charge on any atom is 0.152 e. The van der Waals surface area contributed by atoms with E-state index < -0.39 is 5.82 Å². The van der Waals surface area contributed by atoms with E-state index in [1.54, 1.807) is 6.07 Å². The molecule has 0 fully saturated rings. The molecule has 0 aliphatic carbocycles. The molecule has 0 atom stereocenters. The van der Waals surface area contributed by atoms with Crippen molar-refractivity contribution in [3.63, 3.8) is 0 Å². The van der Waals surface area contributed by atoms with Gasteiger partial charge in [0.15, 0.2) is 6.29 Å². The predicted octanol–water partition coefficient (Wildman–Crippen LogP) is 3.07. The average Bonchev–Trinajstić information content (AvgIpc) is 2.65. The first-order chi connectivity index (χ1) is 7.20. The van der Waals surface area contributed by atoms with Crippen molar-refractivity contribution in [1.29, 1.82) is 0 Å². The molecule has 2 nitrogen and oxygen atoms in total. The van der Waals surface area contributed by atoms with E-state index in [-0.39, 0.29) is 5.56 Å². The summed E-state index contributed by atoms with van der Waals surface area (Å²) in [6.07, 6.45) is 0.505. The molecule has 1 heterocycles. The number of aromatic nitrogens is 1. The number of carbonyl (C=O) groups excluding carboxylic acids is 1. The SMILES string of the molecule is Cc1nc(-c2ccc(C=O)c(F)c2)cs1. The summed E-state index contributed by atoms with van der Waals surface area (Å²) in [7, 11) is 0. The van der Waals surface area contributed by atoms with Gasteiger partial charge in [-0.2, -0.15) is 0 Å². The minimum absolute atomic E-state index is 0.0747. The molecule has 0 aliphatic rings. The molecule has 1 aromatic carbocycles. The molecule has 2 aromatic rings. The van der Waals surface area contributed by atoms with Gasteiger partial charge < -0.3 is 0 Å². The van der Waals surface area contributed by atoms with E-state index in [1.807, 2.05) is 12.3 Å². The number of hydrogen-bond acceptors (Lipinski definition) is 3. The smallest absolute Gasteiger partial charge is 0.152 e. The highest BCUT2D eigenvalue weighted by molar-refractivity contribution is 7.09. The first-order valence-corrected chi connectivity index (χ1v) is 5.26. The Morgan fingerprint density at radius 3 is 2.80 bits per heavy atom. The Kier molecular flexibility index (Phi) is 2.60. The summed E-state index contributed by atoms with van der Waals surface area (Å²) in [6.45, 7) is 1.89. The average molecular weight is 221 g/mol. The second-order valence-electron chi connectivity index (χ2n) is 3.11. The minimum atomic E-state index is -0.506. The van der Waals surface area contributed by atoms with Crippen molar-refractivity contribution in [3.05, 3.63) is 40.0 Å². The van der Waals surface area contributed by atoms with E-state index in [1.165, 1.54) is 23.5 Å². The van der Waals surface area contributed by atoms with Crippen molar-refractivity contribution in [3.8, 4) is 11.3 Å². The third-order valence-electron chi connectivity index (χ3n) is 2.04. The van der Waals surface area contributed by atoms with Crippen LogP contribution in [-0.4, -0.2) is 11.3 Å². The van der Waals surface area contributed by atoms with Crippen molar-refractivity contribution < 1.29 is 9.18 Å². The van der Waals surface area contributed by atoms with Crippen molar-refractivity contribution >= 4 is 17.6 Å². The van der Waals surface area contributed by atoms with Gasteiger partial charge in [-0.05, 0) is 19.1 Å². The van der Waals surface area contributed by atoms with Crippen LogP contribution in [-0.2, 0) is 0 Å². The molecule has 0 radical (unpaired) electrons. The van der Waals surface area contributed by atoms with E-state index in [2.05, 4.69) is 4.98 Å². The van der Waals surface area contributed by atoms with Crippen LogP contribution < -0.4 is 0 Å². The Hall–Kier alpha value is -1.55. The van der Waals surface area contributed by atoms with Gasteiger partial charge >= 0.3 is 0 Å². The number of halogens is 1. The van der Waals surface area contributed by atoms with Crippen LogP contribution in [0, 0.1) is 12.7 Å². The van der Waals surface area contributed by atoms with Crippen LogP contribution in [0.15, 0.2) is 23.6 Å². The molecule has 0 aliphatic heterocycles. The van der Waals surface area contributed by atoms with Crippen LogP contribution in [0.25, 0.3) is 11.3 Å². The third kappa shape index (κ3) is 1.94. The fraction of sp³-hybridized carbons (Fsp3) is 0.0909. The second kappa shape index (κ2) is 3.90. The molecule has 0 saturated carbocycles. The fourth-order valence-electron chi connectivity index (χ4n) is 1.28. The monoisotopic (exact) mass is 221 g/mol. The Morgan fingerprint density at radius 2 is 2.27 bits per heavy atom. The molecule has 1 aromatic heterocycles. The van der Waals surface area contributed by atoms with E-state index >= 15 is 0 Å². The van der Waals surface area contributed by atoms with Gasteiger partial charge in [0.2, 0.25) is 0 Å². The van der Waals surface area contributed by atoms with Crippen LogP contribution in [0.1, 0.15) is 15.4 Å². The van der Waals surface area contributed by atoms with Crippen LogP contribution in [0.5, 0.6) is 0 Å².